The molecule has 2 rings (SSSR count). The first-order valence-electron chi connectivity index (χ1n) is 5.42. The second-order valence-corrected chi connectivity index (χ2v) is 4.62. The third-order valence-corrected chi connectivity index (χ3v) is 3.42. The second kappa shape index (κ2) is 4.65. The molecule has 80 valence electrons. The maximum absolute atomic E-state index is 5.74. The summed E-state index contributed by atoms with van der Waals surface area (Å²) in [6.45, 7) is 3.85. The minimum absolute atomic E-state index is 0.470. The number of hydrogen-bond acceptors (Lipinski definition) is 2. The van der Waals surface area contributed by atoms with Crippen LogP contribution < -0.4 is 5.32 Å². The Hall–Kier alpha value is -0.0500. The molecule has 2 aliphatic rings. The highest BCUT2D eigenvalue weighted by Crippen LogP contribution is 2.38. The van der Waals surface area contributed by atoms with Crippen molar-refractivity contribution in [1.82, 2.24) is 5.32 Å². The van der Waals surface area contributed by atoms with Gasteiger partial charge in [-0.05, 0) is 37.7 Å². The fraction of sp³-hybridized carbons (Fsp3) is 0.818. The van der Waals surface area contributed by atoms with Gasteiger partial charge in [-0.15, -0.1) is 0 Å². The quantitative estimate of drug-likeness (QED) is 0.777. The number of ether oxygens (including phenoxy) is 1. The van der Waals surface area contributed by atoms with Crippen molar-refractivity contribution in [3.63, 3.8) is 0 Å². The largest absolute Gasteiger partial charge is 0.376 e. The fourth-order valence-corrected chi connectivity index (χ4v) is 2.13. The zero-order valence-electron chi connectivity index (χ0n) is 8.63. The van der Waals surface area contributed by atoms with Crippen LogP contribution in [0, 0.1) is 5.92 Å². The van der Waals surface area contributed by atoms with Crippen molar-refractivity contribution in [2.24, 2.45) is 5.92 Å². The molecule has 0 aromatic carbocycles. The summed E-state index contributed by atoms with van der Waals surface area (Å²) in [7, 11) is 0. The Morgan fingerprint density at radius 1 is 1.50 bits per heavy atom. The van der Waals surface area contributed by atoms with Crippen LogP contribution in [0.1, 0.15) is 26.2 Å². The molecule has 2 nitrogen and oxygen atoms in total. The van der Waals surface area contributed by atoms with Crippen LogP contribution in [-0.4, -0.2) is 25.3 Å². The summed E-state index contributed by atoms with van der Waals surface area (Å²) in [5.41, 5.74) is 2.84. The van der Waals surface area contributed by atoms with E-state index in [1.165, 1.54) is 18.4 Å². The fourth-order valence-electron chi connectivity index (χ4n) is 2.05. The van der Waals surface area contributed by atoms with E-state index in [4.69, 9.17) is 16.3 Å². The lowest BCUT2D eigenvalue weighted by molar-refractivity contribution is 0.0817. The molecule has 2 fully saturated rings. The molecule has 0 radical (unpaired) electrons. The van der Waals surface area contributed by atoms with Crippen molar-refractivity contribution in [3.8, 4) is 0 Å². The van der Waals surface area contributed by atoms with Gasteiger partial charge in [0.15, 0.2) is 0 Å². The molecular formula is C11H18ClNO. The molecule has 1 aliphatic heterocycles. The number of rotatable bonds is 4. The Morgan fingerprint density at radius 2 is 2.29 bits per heavy atom. The van der Waals surface area contributed by atoms with Gasteiger partial charge in [-0.1, -0.05) is 11.6 Å². The predicted octanol–water partition coefficient (Wildman–Crippen LogP) is 2.29. The van der Waals surface area contributed by atoms with E-state index in [0.717, 1.165) is 25.5 Å². The van der Waals surface area contributed by atoms with Gasteiger partial charge in [0.05, 0.1) is 6.10 Å². The van der Waals surface area contributed by atoms with Gasteiger partial charge in [-0.2, -0.15) is 0 Å². The molecule has 3 heteroatoms. The number of halogens is 1. The van der Waals surface area contributed by atoms with Crippen LogP contribution in [0.15, 0.2) is 11.1 Å². The minimum atomic E-state index is 0.470. The van der Waals surface area contributed by atoms with Gasteiger partial charge in [-0.25, -0.2) is 0 Å². The van der Waals surface area contributed by atoms with Gasteiger partial charge in [0.2, 0.25) is 0 Å². The maximum Gasteiger partial charge on any atom is 0.0757 e. The Bertz CT molecular complexity index is 225. The average Bonchev–Trinajstić information content (AvgIpc) is 2.94. The van der Waals surface area contributed by atoms with Crippen LogP contribution in [0.2, 0.25) is 0 Å². The summed E-state index contributed by atoms with van der Waals surface area (Å²) in [6, 6.07) is 0.550. The molecule has 2 atom stereocenters. The Kier molecular flexibility index (Phi) is 3.47. The molecule has 0 aromatic rings. The highest BCUT2D eigenvalue weighted by atomic mass is 35.5. The molecule has 14 heavy (non-hydrogen) atoms. The van der Waals surface area contributed by atoms with Crippen LogP contribution in [0.3, 0.4) is 0 Å². The molecule has 0 aromatic heterocycles. The Morgan fingerprint density at radius 3 is 2.93 bits per heavy atom. The van der Waals surface area contributed by atoms with Crippen molar-refractivity contribution >= 4 is 11.6 Å². The van der Waals surface area contributed by atoms with Crippen LogP contribution in [0.25, 0.3) is 0 Å². The Balaban J connectivity index is 1.78. The summed E-state index contributed by atoms with van der Waals surface area (Å²) in [6.07, 6.45) is 4.33. The first-order valence-corrected chi connectivity index (χ1v) is 5.85. The van der Waals surface area contributed by atoms with Crippen LogP contribution in [0.4, 0.5) is 0 Å². The van der Waals surface area contributed by atoms with Crippen molar-refractivity contribution in [2.45, 2.75) is 38.3 Å². The second-order valence-electron chi connectivity index (χ2n) is 4.40. The van der Waals surface area contributed by atoms with Gasteiger partial charge < -0.3 is 10.1 Å². The molecule has 0 spiro atoms. The van der Waals surface area contributed by atoms with Gasteiger partial charge in [0.25, 0.3) is 0 Å². The average molecular weight is 216 g/mol. The number of hydrogen-bond donors (Lipinski definition) is 1. The lowest BCUT2D eigenvalue weighted by Gasteiger charge is -2.19. The van der Waals surface area contributed by atoms with Crippen molar-refractivity contribution in [2.75, 3.05) is 13.2 Å². The summed E-state index contributed by atoms with van der Waals surface area (Å²) in [5, 5.41) is 3.53. The summed E-state index contributed by atoms with van der Waals surface area (Å²) in [5.74, 6) is 0.829. The smallest absolute Gasteiger partial charge is 0.0757 e. The summed E-state index contributed by atoms with van der Waals surface area (Å²) < 4.78 is 5.74. The van der Waals surface area contributed by atoms with Crippen LogP contribution in [-0.2, 0) is 4.74 Å². The highest BCUT2D eigenvalue weighted by Gasteiger charge is 2.40. The normalized spacial score (nSPS) is 33.7. The van der Waals surface area contributed by atoms with Crippen molar-refractivity contribution in [3.05, 3.63) is 11.1 Å². The lowest BCUT2D eigenvalue weighted by atomic mass is 10.1. The molecule has 0 amide bonds. The minimum Gasteiger partial charge on any atom is -0.376 e. The van der Waals surface area contributed by atoms with Gasteiger partial charge in [0, 0.05) is 24.7 Å². The zero-order chi connectivity index (χ0) is 9.97. The van der Waals surface area contributed by atoms with Gasteiger partial charge in [0.1, 0.15) is 0 Å². The first-order chi connectivity index (χ1) is 6.81. The molecule has 0 bridgehead atoms. The maximum atomic E-state index is 5.74. The molecule has 1 saturated carbocycles. The molecule has 1 heterocycles. The van der Waals surface area contributed by atoms with E-state index in [9.17, 15) is 0 Å². The number of nitrogens with one attached hydrogen (secondary N) is 1. The van der Waals surface area contributed by atoms with Crippen LogP contribution >= 0.6 is 11.6 Å². The Labute approximate surface area is 90.7 Å². The van der Waals surface area contributed by atoms with E-state index in [-0.39, 0.29) is 0 Å². The monoisotopic (exact) mass is 215 g/mol. The van der Waals surface area contributed by atoms with Crippen molar-refractivity contribution < 1.29 is 4.74 Å². The zero-order valence-corrected chi connectivity index (χ0v) is 9.39. The van der Waals surface area contributed by atoms with E-state index in [1.54, 1.807) is 5.54 Å². The highest BCUT2D eigenvalue weighted by molar-refractivity contribution is 6.25. The molecule has 1 N–H and O–H groups in total. The van der Waals surface area contributed by atoms with E-state index in [1.807, 2.05) is 6.92 Å². The third-order valence-electron chi connectivity index (χ3n) is 3.05. The molecular weight excluding hydrogens is 198 g/mol. The molecule has 1 saturated heterocycles. The van der Waals surface area contributed by atoms with Crippen molar-refractivity contribution in [1.29, 1.82) is 0 Å². The topological polar surface area (TPSA) is 21.3 Å². The third kappa shape index (κ3) is 2.50. The SMILES string of the molecule is CC(=CCl)CNC1CCOC1C1CC1. The molecule has 1 aliphatic carbocycles. The van der Waals surface area contributed by atoms with Gasteiger partial charge >= 0.3 is 0 Å². The predicted molar refractivity (Wildman–Crippen MR) is 58.5 cm³/mol. The standard InChI is InChI=1S/C11H18ClNO/c1-8(6-12)7-13-10-4-5-14-11(10)9-2-3-9/h6,9-11,13H,2-5,7H2,1H3. The van der Waals surface area contributed by atoms with E-state index in [2.05, 4.69) is 5.32 Å². The summed E-state index contributed by atoms with van der Waals surface area (Å²) >= 11 is 5.62. The van der Waals surface area contributed by atoms with Crippen LogP contribution in [0.5, 0.6) is 0 Å². The van der Waals surface area contributed by atoms with E-state index >= 15 is 0 Å². The van der Waals surface area contributed by atoms with E-state index < -0.39 is 0 Å². The van der Waals surface area contributed by atoms with Gasteiger partial charge in [-0.3, -0.25) is 0 Å². The first kappa shape index (κ1) is 10.5. The lowest BCUT2D eigenvalue weighted by Crippen LogP contribution is -2.38. The summed E-state index contributed by atoms with van der Waals surface area (Å²) in [4.78, 5) is 0. The molecule has 2 unspecified atom stereocenters. The van der Waals surface area contributed by atoms with E-state index in [0.29, 0.717) is 12.1 Å².